The van der Waals surface area contributed by atoms with Crippen LogP contribution in [0.15, 0.2) is 45.1 Å². The molecule has 11 heteroatoms. The van der Waals surface area contributed by atoms with E-state index in [4.69, 9.17) is 4.98 Å². The van der Waals surface area contributed by atoms with Gasteiger partial charge in [-0.2, -0.15) is 0 Å². The van der Waals surface area contributed by atoms with E-state index in [2.05, 4.69) is 27.4 Å². The lowest BCUT2D eigenvalue weighted by Gasteiger charge is -2.08. The molecule has 0 fully saturated rings. The largest absolute Gasteiger partial charge is 0.330 e. The summed E-state index contributed by atoms with van der Waals surface area (Å²) in [6.07, 6.45) is 1.87. The number of rotatable bonds is 9. The van der Waals surface area contributed by atoms with Crippen molar-refractivity contribution in [2.75, 3.05) is 0 Å². The van der Waals surface area contributed by atoms with Crippen LogP contribution < -0.4 is 11.2 Å². The van der Waals surface area contributed by atoms with Crippen molar-refractivity contribution in [1.29, 1.82) is 0 Å². The quantitative estimate of drug-likeness (QED) is 0.396. The van der Waals surface area contributed by atoms with E-state index in [9.17, 15) is 9.59 Å². The van der Waals surface area contributed by atoms with Gasteiger partial charge in [0.05, 0.1) is 12.3 Å². The van der Waals surface area contributed by atoms with E-state index in [0.29, 0.717) is 41.7 Å². The Morgan fingerprint density at radius 3 is 2.65 bits per heavy atom. The van der Waals surface area contributed by atoms with Crippen molar-refractivity contribution in [1.82, 2.24) is 39.3 Å². The first-order chi connectivity index (χ1) is 15.1. The molecule has 0 aliphatic rings. The van der Waals surface area contributed by atoms with Gasteiger partial charge in [0, 0.05) is 13.1 Å². The van der Waals surface area contributed by atoms with Gasteiger partial charge in [-0.05, 0) is 29.3 Å². The van der Waals surface area contributed by atoms with Crippen molar-refractivity contribution in [3.05, 3.63) is 62.6 Å². The second-order valence-electron chi connectivity index (χ2n) is 7.10. The first-order valence-electron chi connectivity index (χ1n) is 10.3. The smallest absolute Gasteiger partial charge is 0.321 e. The molecular formula is C20H24N8O2S. The molecule has 0 saturated heterocycles. The summed E-state index contributed by atoms with van der Waals surface area (Å²) in [5, 5.41) is 12.4. The number of thioether (sulfide) groups is 1. The number of aryl methyl sites for hydroxylation is 2. The average molecular weight is 441 g/mol. The van der Waals surface area contributed by atoms with Gasteiger partial charge >= 0.3 is 5.69 Å². The van der Waals surface area contributed by atoms with Crippen molar-refractivity contribution in [2.24, 2.45) is 0 Å². The third-order valence-electron chi connectivity index (χ3n) is 5.01. The van der Waals surface area contributed by atoms with Crippen molar-refractivity contribution in [2.45, 2.75) is 57.2 Å². The molecule has 4 aromatic rings. The normalized spacial score (nSPS) is 11.4. The number of nitrogens with one attached hydrogen (secondary N) is 1. The van der Waals surface area contributed by atoms with Crippen LogP contribution in [0.1, 0.15) is 38.1 Å². The van der Waals surface area contributed by atoms with E-state index in [-0.39, 0.29) is 0 Å². The summed E-state index contributed by atoms with van der Waals surface area (Å²) in [5.41, 5.74) is 0.909. The Labute approximate surface area is 182 Å². The molecule has 162 valence electrons. The number of aromatic nitrogens is 8. The number of aromatic amines is 1. The van der Waals surface area contributed by atoms with Gasteiger partial charge in [-0.15, -0.1) is 5.10 Å². The third kappa shape index (κ3) is 4.31. The SMILES string of the molecule is CCCCn1c(CSc2nnnn2CC)nc2c1c(=O)[nH]c(=O)n2Cc1ccccc1. The van der Waals surface area contributed by atoms with Crippen molar-refractivity contribution >= 4 is 22.9 Å². The highest BCUT2D eigenvalue weighted by Gasteiger charge is 2.19. The van der Waals surface area contributed by atoms with Crippen LogP contribution in [0.25, 0.3) is 11.2 Å². The Bertz CT molecular complexity index is 1290. The lowest BCUT2D eigenvalue weighted by molar-refractivity contribution is 0.580. The molecule has 0 atom stereocenters. The Hall–Kier alpha value is -3.21. The molecule has 4 rings (SSSR count). The van der Waals surface area contributed by atoms with Crippen LogP contribution in [-0.2, 0) is 25.4 Å². The molecule has 0 spiro atoms. The first-order valence-corrected chi connectivity index (χ1v) is 11.3. The van der Waals surface area contributed by atoms with Gasteiger partial charge in [-0.1, -0.05) is 55.4 Å². The molecule has 1 aromatic carbocycles. The Balaban J connectivity index is 1.79. The fraction of sp³-hybridized carbons (Fsp3) is 0.400. The van der Waals surface area contributed by atoms with Crippen LogP contribution in [0.3, 0.4) is 0 Å². The molecule has 0 unspecified atom stereocenters. The first kappa shape index (κ1) is 21.0. The van der Waals surface area contributed by atoms with E-state index < -0.39 is 11.2 Å². The minimum atomic E-state index is -0.462. The number of fused-ring (bicyclic) bond motifs is 1. The van der Waals surface area contributed by atoms with Gasteiger partial charge in [0.2, 0.25) is 5.16 Å². The highest BCUT2D eigenvalue weighted by molar-refractivity contribution is 7.98. The lowest BCUT2D eigenvalue weighted by Crippen LogP contribution is -2.31. The summed E-state index contributed by atoms with van der Waals surface area (Å²) in [6.45, 7) is 5.71. The Morgan fingerprint density at radius 1 is 1.10 bits per heavy atom. The summed E-state index contributed by atoms with van der Waals surface area (Å²) in [6, 6.07) is 9.65. The minimum absolute atomic E-state index is 0.332. The maximum Gasteiger partial charge on any atom is 0.330 e. The molecule has 3 heterocycles. The molecule has 0 aliphatic carbocycles. The highest BCUT2D eigenvalue weighted by Crippen LogP contribution is 2.22. The predicted octanol–water partition coefficient (Wildman–Crippen LogP) is 2.03. The zero-order valence-electron chi connectivity index (χ0n) is 17.5. The molecule has 1 N–H and O–H groups in total. The van der Waals surface area contributed by atoms with Gasteiger partial charge in [0.15, 0.2) is 11.2 Å². The van der Waals surface area contributed by atoms with E-state index in [1.54, 1.807) is 4.68 Å². The number of imidazole rings is 1. The Kier molecular flexibility index (Phi) is 6.31. The van der Waals surface area contributed by atoms with Crippen LogP contribution in [0.5, 0.6) is 0 Å². The number of nitrogens with zero attached hydrogens (tertiary/aromatic N) is 7. The zero-order valence-corrected chi connectivity index (χ0v) is 18.3. The van der Waals surface area contributed by atoms with Gasteiger partial charge in [0.25, 0.3) is 5.56 Å². The summed E-state index contributed by atoms with van der Waals surface area (Å²) < 4.78 is 5.16. The number of hydrogen-bond donors (Lipinski definition) is 1. The maximum atomic E-state index is 12.8. The highest BCUT2D eigenvalue weighted by atomic mass is 32.2. The van der Waals surface area contributed by atoms with Gasteiger partial charge < -0.3 is 4.57 Å². The van der Waals surface area contributed by atoms with Crippen LogP contribution in [-0.4, -0.2) is 39.3 Å². The summed E-state index contributed by atoms with van der Waals surface area (Å²) in [4.78, 5) is 32.6. The standard InChI is InChI=1S/C20H24N8O2S/c1-3-5-11-26-15(13-31-20-23-24-25-28(20)4-2)21-17-16(26)18(29)22-19(30)27(17)12-14-9-7-6-8-10-14/h6-10H,3-5,11-13H2,1-2H3,(H,22,29,30). The van der Waals surface area contributed by atoms with E-state index in [0.717, 1.165) is 24.2 Å². The van der Waals surface area contributed by atoms with Gasteiger partial charge in [0.1, 0.15) is 5.82 Å². The third-order valence-corrected chi connectivity index (χ3v) is 5.97. The molecule has 0 saturated carbocycles. The number of hydrogen-bond acceptors (Lipinski definition) is 7. The van der Waals surface area contributed by atoms with E-state index in [1.165, 1.54) is 16.3 Å². The molecule has 0 bridgehead atoms. The van der Waals surface area contributed by atoms with Crippen LogP contribution in [0.2, 0.25) is 0 Å². The fourth-order valence-electron chi connectivity index (χ4n) is 3.42. The average Bonchev–Trinajstić information content (AvgIpc) is 3.38. The van der Waals surface area contributed by atoms with E-state index in [1.807, 2.05) is 41.8 Å². The van der Waals surface area contributed by atoms with Crippen LogP contribution in [0, 0.1) is 0 Å². The molecule has 0 aliphatic heterocycles. The number of tetrazole rings is 1. The molecule has 10 nitrogen and oxygen atoms in total. The molecule has 0 amide bonds. The Morgan fingerprint density at radius 2 is 1.90 bits per heavy atom. The van der Waals surface area contributed by atoms with Crippen molar-refractivity contribution in [3.63, 3.8) is 0 Å². The monoisotopic (exact) mass is 440 g/mol. The minimum Gasteiger partial charge on any atom is -0.321 e. The topological polar surface area (TPSA) is 116 Å². The molecule has 31 heavy (non-hydrogen) atoms. The summed E-state index contributed by atoms with van der Waals surface area (Å²) in [5.74, 6) is 1.20. The lowest BCUT2D eigenvalue weighted by atomic mass is 10.2. The number of benzene rings is 1. The summed E-state index contributed by atoms with van der Waals surface area (Å²) >= 11 is 1.46. The fourth-order valence-corrected chi connectivity index (χ4v) is 4.31. The van der Waals surface area contributed by atoms with Gasteiger partial charge in [-0.3, -0.25) is 14.3 Å². The summed E-state index contributed by atoms with van der Waals surface area (Å²) in [7, 11) is 0. The maximum absolute atomic E-state index is 12.8. The number of unbranched alkanes of at least 4 members (excludes halogenated alkanes) is 1. The van der Waals surface area contributed by atoms with Crippen molar-refractivity contribution in [3.8, 4) is 0 Å². The van der Waals surface area contributed by atoms with Crippen molar-refractivity contribution < 1.29 is 0 Å². The zero-order chi connectivity index (χ0) is 21.8. The van der Waals surface area contributed by atoms with Crippen LogP contribution in [0.4, 0.5) is 0 Å². The molecule has 3 aromatic heterocycles. The second-order valence-corrected chi connectivity index (χ2v) is 8.04. The number of H-pyrrole nitrogens is 1. The second kappa shape index (κ2) is 9.29. The van der Waals surface area contributed by atoms with Gasteiger partial charge in [-0.25, -0.2) is 14.5 Å². The molecule has 0 radical (unpaired) electrons. The van der Waals surface area contributed by atoms with Crippen LogP contribution >= 0.6 is 11.8 Å². The molecular weight excluding hydrogens is 416 g/mol. The predicted molar refractivity (Wildman–Crippen MR) is 118 cm³/mol. The van der Waals surface area contributed by atoms with E-state index >= 15 is 0 Å².